The SMILES string of the molecule is CCOCCCNC(CC)c1ccc2c(c1)CCO2. The number of benzene rings is 1. The standard InChI is InChI=1S/C16H25NO2/c1-3-15(17-9-5-10-18-4-2)13-6-7-16-14(12-13)8-11-19-16/h6-7,12,15,17H,3-5,8-11H2,1-2H3. The van der Waals surface area contributed by atoms with Crippen LogP contribution in [0.4, 0.5) is 0 Å². The van der Waals surface area contributed by atoms with Gasteiger partial charge in [0, 0.05) is 25.7 Å². The zero-order valence-electron chi connectivity index (χ0n) is 12.1. The monoisotopic (exact) mass is 263 g/mol. The number of ether oxygens (including phenoxy) is 2. The van der Waals surface area contributed by atoms with Gasteiger partial charge in [-0.1, -0.05) is 19.1 Å². The summed E-state index contributed by atoms with van der Waals surface area (Å²) in [6.45, 7) is 7.75. The molecule has 1 aromatic rings. The van der Waals surface area contributed by atoms with E-state index >= 15 is 0 Å². The minimum absolute atomic E-state index is 0.438. The lowest BCUT2D eigenvalue weighted by Gasteiger charge is -2.18. The Morgan fingerprint density at radius 3 is 3.05 bits per heavy atom. The summed E-state index contributed by atoms with van der Waals surface area (Å²) < 4.78 is 10.9. The number of rotatable bonds is 8. The van der Waals surface area contributed by atoms with Gasteiger partial charge in [0.25, 0.3) is 0 Å². The molecule has 0 saturated heterocycles. The second-order valence-corrected chi connectivity index (χ2v) is 4.93. The van der Waals surface area contributed by atoms with E-state index in [9.17, 15) is 0 Å². The van der Waals surface area contributed by atoms with Gasteiger partial charge in [0.1, 0.15) is 5.75 Å². The van der Waals surface area contributed by atoms with Crippen LogP contribution < -0.4 is 10.1 Å². The summed E-state index contributed by atoms with van der Waals surface area (Å²) in [7, 11) is 0. The number of hydrogen-bond donors (Lipinski definition) is 1. The Bertz CT molecular complexity index is 392. The maximum Gasteiger partial charge on any atom is 0.122 e. The van der Waals surface area contributed by atoms with E-state index in [1.807, 2.05) is 6.92 Å². The van der Waals surface area contributed by atoms with E-state index in [1.54, 1.807) is 0 Å². The Kier molecular flexibility index (Phi) is 5.67. The van der Waals surface area contributed by atoms with Crippen LogP contribution in [0.2, 0.25) is 0 Å². The summed E-state index contributed by atoms with van der Waals surface area (Å²) >= 11 is 0. The van der Waals surface area contributed by atoms with Gasteiger partial charge in [-0.15, -0.1) is 0 Å². The molecule has 1 N–H and O–H groups in total. The number of fused-ring (bicyclic) bond motifs is 1. The minimum Gasteiger partial charge on any atom is -0.493 e. The van der Waals surface area contributed by atoms with Crippen molar-refractivity contribution in [3.05, 3.63) is 29.3 Å². The summed E-state index contributed by atoms with van der Waals surface area (Å²) in [5.74, 6) is 1.06. The van der Waals surface area contributed by atoms with Gasteiger partial charge in [-0.3, -0.25) is 0 Å². The van der Waals surface area contributed by atoms with Crippen molar-refractivity contribution in [2.45, 2.75) is 39.2 Å². The van der Waals surface area contributed by atoms with Gasteiger partial charge in [-0.05, 0) is 43.5 Å². The molecule has 0 spiro atoms. The summed E-state index contributed by atoms with van der Waals surface area (Å²) in [6, 6.07) is 7.04. The van der Waals surface area contributed by atoms with Crippen LogP contribution in [0.3, 0.4) is 0 Å². The molecule has 1 aliphatic heterocycles. The first kappa shape index (κ1) is 14.4. The minimum atomic E-state index is 0.438. The van der Waals surface area contributed by atoms with Crippen LogP contribution in [-0.4, -0.2) is 26.4 Å². The summed E-state index contributed by atoms with van der Waals surface area (Å²) in [4.78, 5) is 0. The van der Waals surface area contributed by atoms with Gasteiger partial charge in [-0.2, -0.15) is 0 Å². The van der Waals surface area contributed by atoms with Gasteiger partial charge in [0.05, 0.1) is 6.61 Å². The van der Waals surface area contributed by atoms with Crippen molar-refractivity contribution < 1.29 is 9.47 Å². The molecule has 19 heavy (non-hydrogen) atoms. The molecular weight excluding hydrogens is 238 g/mol. The Hall–Kier alpha value is -1.06. The maximum absolute atomic E-state index is 5.56. The van der Waals surface area contributed by atoms with E-state index in [1.165, 1.54) is 11.1 Å². The molecule has 1 atom stereocenters. The molecule has 2 rings (SSSR count). The van der Waals surface area contributed by atoms with Gasteiger partial charge in [0.2, 0.25) is 0 Å². The van der Waals surface area contributed by atoms with E-state index in [0.29, 0.717) is 6.04 Å². The summed E-state index contributed by atoms with van der Waals surface area (Å²) in [5.41, 5.74) is 2.73. The lowest BCUT2D eigenvalue weighted by Crippen LogP contribution is -2.23. The Balaban J connectivity index is 1.86. The molecule has 0 aromatic heterocycles. The highest BCUT2D eigenvalue weighted by Crippen LogP contribution is 2.29. The third-order valence-electron chi connectivity index (χ3n) is 3.58. The molecule has 0 fully saturated rings. The fraction of sp³-hybridized carbons (Fsp3) is 0.625. The molecule has 3 nitrogen and oxygen atoms in total. The van der Waals surface area contributed by atoms with E-state index < -0.39 is 0 Å². The molecule has 0 aliphatic carbocycles. The van der Waals surface area contributed by atoms with Crippen LogP contribution in [0.15, 0.2) is 18.2 Å². The second kappa shape index (κ2) is 7.51. The van der Waals surface area contributed by atoms with Crippen LogP contribution in [0.25, 0.3) is 0 Å². The van der Waals surface area contributed by atoms with Crippen molar-refractivity contribution >= 4 is 0 Å². The molecule has 1 heterocycles. The highest BCUT2D eigenvalue weighted by Gasteiger charge is 2.15. The maximum atomic E-state index is 5.56. The van der Waals surface area contributed by atoms with Crippen molar-refractivity contribution in [2.24, 2.45) is 0 Å². The number of nitrogens with one attached hydrogen (secondary N) is 1. The second-order valence-electron chi connectivity index (χ2n) is 4.93. The Morgan fingerprint density at radius 1 is 1.37 bits per heavy atom. The van der Waals surface area contributed by atoms with E-state index in [-0.39, 0.29) is 0 Å². The van der Waals surface area contributed by atoms with Crippen molar-refractivity contribution in [1.82, 2.24) is 5.32 Å². The fourth-order valence-electron chi connectivity index (χ4n) is 2.52. The normalized spacial score (nSPS) is 15.1. The van der Waals surface area contributed by atoms with Crippen LogP contribution in [0.1, 0.15) is 43.9 Å². The zero-order valence-corrected chi connectivity index (χ0v) is 12.1. The Morgan fingerprint density at radius 2 is 2.26 bits per heavy atom. The molecule has 1 aromatic carbocycles. The molecule has 0 bridgehead atoms. The van der Waals surface area contributed by atoms with Crippen molar-refractivity contribution in [2.75, 3.05) is 26.4 Å². The van der Waals surface area contributed by atoms with Crippen LogP contribution >= 0.6 is 0 Å². The van der Waals surface area contributed by atoms with Gasteiger partial charge < -0.3 is 14.8 Å². The molecule has 0 amide bonds. The van der Waals surface area contributed by atoms with Gasteiger partial charge >= 0.3 is 0 Å². The molecule has 106 valence electrons. The lowest BCUT2D eigenvalue weighted by molar-refractivity contribution is 0.144. The predicted molar refractivity (Wildman–Crippen MR) is 77.8 cm³/mol. The zero-order chi connectivity index (χ0) is 13.5. The molecule has 0 saturated carbocycles. The van der Waals surface area contributed by atoms with Crippen LogP contribution in [0, 0.1) is 0 Å². The highest BCUT2D eigenvalue weighted by atomic mass is 16.5. The van der Waals surface area contributed by atoms with Crippen LogP contribution in [0.5, 0.6) is 5.75 Å². The summed E-state index contributed by atoms with van der Waals surface area (Å²) in [5, 5.41) is 3.61. The third kappa shape index (κ3) is 3.95. The molecule has 0 radical (unpaired) electrons. The first-order valence-electron chi connectivity index (χ1n) is 7.42. The van der Waals surface area contributed by atoms with E-state index in [4.69, 9.17) is 9.47 Å². The molecular formula is C16H25NO2. The quantitative estimate of drug-likeness (QED) is 0.731. The van der Waals surface area contributed by atoms with Gasteiger partial charge in [-0.25, -0.2) is 0 Å². The third-order valence-corrected chi connectivity index (χ3v) is 3.58. The predicted octanol–water partition coefficient (Wildman–Crippen LogP) is 3.09. The smallest absolute Gasteiger partial charge is 0.122 e. The topological polar surface area (TPSA) is 30.5 Å². The molecule has 1 aliphatic rings. The van der Waals surface area contributed by atoms with E-state index in [0.717, 1.165) is 51.4 Å². The molecule has 1 unspecified atom stereocenters. The fourth-order valence-corrected chi connectivity index (χ4v) is 2.52. The number of hydrogen-bond acceptors (Lipinski definition) is 3. The average molecular weight is 263 g/mol. The van der Waals surface area contributed by atoms with Crippen molar-refractivity contribution in [3.8, 4) is 5.75 Å². The Labute approximate surface area is 116 Å². The van der Waals surface area contributed by atoms with Crippen molar-refractivity contribution in [1.29, 1.82) is 0 Å². The highest BCUT2D eigenvalue weighted by molar-refractivity contribution is 5.40. The lowest BCUT2D eigenvalue weighted by atomic mass is 10.0. The largest absolute Gasteiger partial charge is 0.493 e. The summed E-state index contributed by atoms with van der Waals surface area (Å²) in [6.07, 6.45) is 3.22. The molecule has 3 heteroatoms. The van der Waals surface area contributed by atoms with Gasteiger partial charge in [0.15, 0.2) is 0 Å². The van der Waals surface area contributed by atoms with E-state index in [2.05, 4.69) is 30.4 Å². The average Bonchev–Trinajstić information content (AvgIpc) is 2.90. The first-order valence-corrected chi connectivity index (χ1v) is 7.42. The van der Waals surface area contributed by atoms with Crippen LogP contribution in [-0.2, 0) is 11.2 Å². The first-order chi connectivity index (χ1) is 9.35. The van der Waals surface area contributed by atoms with Crippen molar-refractivity contribution in [3.63, 3.8) is 0 Å².